The first-order valence-corrected chi connectivity index (χ1v) is 3.96. The zero-order valence-electron chi connectivity index (χ0n) is 7.49. The van der Waals surface area contributed by atoms with Crippen LogP contribution in [0.15, 0.2) is 12.2 Å². The molecule has 0 unspecified atom stereocenters. The van der Waals surface area contributed by atoms with E-state index in [0.29, 0.717) is 11.8 Å². The van der Waals surface area contributed by atoms with Crippen LogP contribution in [0.5, 0.6) is 0 Å². The average molecular weight is 153 g/mol. The van der Waals surface area contributed by atoms with E-state index >= 15 is 0 Å². The first-order chi connectivity index (χ1) is 5.68. The van der Waals surface area contributed by atoms with Crippen LogP contribution in [0.25, 0.3) is 0 Å². The highest BCUT2D eigenvalue weighted by molar-refractivity contribution is 5.66. The third-order valence-electron chi connectivity index (χ3n) is 2.31. The first-order valence-electron chi connectivity index (χ1n) is 4.54. The standard InChI is InChI=1S/C9H12O2/c1-6(10)11-9-5-7-2-3-8(9)4-7/h2-3,7-9H,4-5H2,1H3/t7-,8+,9+/m0/s1/i5D/t5-,7-,8+,9+. The molecule has 2 aliphatic rings. The zero-order chi connectivity index (χ0) is 8.72. The van der Waals surface area contributed by atoms with Crippen molar-refractivity contribution in [2.45, 2.75) is 25.8 Å². The summed E-state index contributed by atoms with van der Waals surface area (Å²) in [5.74, 6) is 0.360. The van der Waals surface area contributed by atoms with Crippen LogP contribution < -0.4 is 0 Å². The summed E-state index contributed by atoms with van der Waals surface area (Å²) in [6.45, 7) is 1.41. The molecule has 0 spiro atoms. The maximum Gasteiger partial charge on any atom is 0.302 e. The van der Waals surface area contributed by atoms with E-state index in [9.17, 15) is 4.79 Å². The van der Waals surface area contributed by atoms with Gasteiger partial charge in [0.1, 0.15) is 6.10 Å². The summed E-state index contributed by atoms with van der Waals surface area (Å²) >= 11 is 0. The third kappa shape index (κ3) is 1.17. The van der Waals surface area contributed by atoms with Crippen LogP contribution in [-0.2, 0) is 9.53 Å². The van der Waals surface area contributed by atoms with Crippen molar-refractivity contribution in [2.75, 3.05) is 0 Å². The highest BCUT2D eigenvalue weighted by atomic mass is 16.5. The topological polar surface area (TPSA) is 26.3 Å². The number of rotatable bonds is 1. The Morgan fingerprint density at radius 2 is 2.55 bits per heavy atom. The van der Waals surface area contributed by atoms with Crippen molar-refractivity contribution in [2.24, 2.45) is 11.8 Å². The Labute approximate surface area is 67.6 Å². The predicted octanol–water partition coefficient (Wildman–Crippen LogP) is 1.51. The quantitative estimate of drug-likeness (QED) is 0.421. The molecule has 0 aromatic carbocycles. The van der Waals surface area contributed by atoms with Gasteiger partial charge in [0, 0.05) is 14.2 Å². The molecule has 0 amide bonds. The summed E-state index contributed by atoms with van der Waals surface area (Å²) in [6.07, 6.45) is 4.72. The Kier molecular flexibility index (Phi) is 1.25. The highest BCUT2D eigenvalue weighted by Crippen LogP contribution is 2.40. The van der Waals surface area contributed by atoms with Crippen molar-refractivity contribution in [1.29, 1.82) is 0 Å². The Morgan fingerprint density at radius 1 is 1.73 bits per heavy atom. The molecule has 11 heavy (non-hydrogen) atoms. The van der Waals surface area contributed by atoms with Crippen molar-refractivity contribution in [3.05, 3.63) is 12.2 Å². The van der Waals surface area contributed by atoms with Crippen molar-refractivity contribution in [3.8, 4) is 0 Å². The maximum atomic E-state index is 10.7. The van der Waals surface area contributed by atoms with Gasteiger partial charge >= 0.3 is 5.97 Å². The molecule has 1 saturated carbocycles. The minimum absolute atomic E-state index is 0.183. The molecule has 0 aromatic rings. The van der Waals surface area contributed by atoms with E-state index in [4.69, 9.17) is 6.11 Å². The lowest BCUT2D eigenvalue weighted by molar-refractivity contribution is -0.147. The molecule has 60 valence electrons. The number of esters is 1. The molecule has 1 fully saturated rings. The van der Waals surface area contributed by atoms with Gasteiger partial charge in [-0.25, -0.2) is 0 Å². The van der Waals surface area contributed by atoms with Crippen LogP contribution in [0.2, 0.25) is 0 Å². The molecule has 0 aromatic heterocycles. The summed E-state index contributed by atoms with van der Waals surface area (Å²) < 4.78 is 12.8. The van der Waals surface area contributed by atoms with Crippen molar-refractivity contribution in [1.82, 2.24) is 0 Å². The smallest absolute Gasteiger partial charge is 0.302 e. The third-order valence-corrected chi connectivity index (χ3v) is 2.31. The summed E-state index contributed by atoms with van der Waals surface area (Å²) in [5, 5.41) is 0. The van der Waals surface area contributed by atoms with Crippen LogP contribution in [0.4, 0.5) is 0 Å². The first kappa shape index (κ1) is 5.81. The molecule has 2 aliphatic carbocycles. The fourth-order valence-corrected chi connectivity index (χ4v) is 1.85. The van der Waals surface area contributed by atoms with Gasteiger partial charge in [-0.1, -0.05) is 12.2 Å². The molecular weight excluding hydrogens is 140 g/mol. The van der Waals surface area contributed by atoms with E-state index in [0.717, 1.165) is 6.42 Å². The minimum Gasteiger partial charge on any atom is -0.462 e. The molecule has 2 bridgehead atoms. The van der Waals surface area contributed by atoms with Gasteiger partial charge in [0.15, 0.2) is 0 Å². The number of carbonyl (C=O) groups excluding carboxylic acids is 1. The van der Waals surface area contributed by atoms with E-state index in [1.54, 1.807) is 0 Å². The fraction of sp³-hybridized carbons (Fsp3) is 0.667. The van der Waals surface area contributed by atoms with Gasteiger partial charge < -0.3 is 4.74 Å². The Balaban J connectivity index is 2.08. The lowest BCUT2D eigenvalue weighted by Crippen LogP contribution is -2.20. The van der Waals surface area contributed by atoms with Crippen LogP contribution in [-0.4, -0.2) is 12.1 Å². The van der Waals surface area contributed by atoms with E-state index in [1.807, 2.05) is 0 Å². The molecule has 2 nitrogen and oxygen atoms in total. The fourth-order valence-electron chi connectivity index (χ4n) is 1.85. The average Bonchev–Trinajstić information content (AvgIpc) is 2.53. The molecule has 0 aliphatic heterocycles. The lowest BCUT2D eigenvalue weighted by atomic mass is 10.0. The maximum absolute atomic E-state index is 10.7. The van der Waals surface area contributed by atoms with Gasteiger partial charge in [-0.15, -0.1) is 0 Å². The van der Waals surface area contributed by atoms with Gasteiger partial charge in [0.05, 0.1) is 0 Å². The van der Waals surface area contributed by atoms with Crippen LogP contribution in [0.3, 0.4) is 0 Å². The Bertz CT molecular complexity index is 237. The number of hydrogen-bond donors (Lipinski definition) is 0. The van der Waals surface area contributed by atoms with Gasteiger partial charge in [-0.05, 0) is 18.7 Å². The largest absolute Gasteiger partial charge is 0.462 e. The van der Waals surface area contributed by atoms with E-state index in [-0.39, 0.29) is 18.5 Å². The molecule has 2 rings (SSSR count). The summed E-state index contributed by atoms with van der Waals surface area (Å²) in [6, 6.07) is 0. The monoisotopic (exact) mass is 153 g/mol. The molecule has 2 heteroatoms. The molecule has 0 N–H and O–H groups in total. The number of carbonyl (C=O) groups is 1. The van der Waals surface area contributed by atoms with Gasteiger partial charge in [-0.3, -0.25) is 4.79 Å². The molecule has 0 heterocycles. The number of ether oxygens (including phenoxy) is 1. The number of allylic oxidation sites excluding steroid dienone is 1. The molecule has 0 radical (unpaired) electrons. The van der Waals surface area contributed by atoms with E-state index in [2.05, 4.69) is 12.2 Å². The van der Waals surface area contributed by atoms with Crippen LogP contribution >= 0.6 is 0 Å². The van der Waals surface area contributed by atoms with Gasteiger partial charge in [-0.2, -0.15) is 0 Å². The predicted molar refractivity (Wildman–Crippen MR) is 40.9 cm³/mol. The van der Waals surface area contributed by atoms with Crippen molar-refractivity contribution < 1.29 is 10.9 Å². The Hall–Kier alpha value is -0.790. The lowest BCUT2D eigenvalue weighted by Gasteiger charge is -2.17. The van der Waals surface area contributed by atoms with Crippen molar-refractivity contribution >= 4 is 5.97 Å². The second kappa shape index (κ2) is 2.36. The minimum atomic E-state index is -0.266. The molecule has 4 atom stereocenters. The SMILES string of the molecule is [2H][C@@H]1[C@@H](OC(C)=O)[C@@H]2C=C[C@H]1C2. The molecular formula is C9H12O2. The van der Waals surface area contributed by atoms with Gasteiger partial charge in [0.2, 0.25) is 0 Å². The summed E-state index contributed by atoms with van der Waals surface area (Å²) in [4.78, 5) is 10.7. The second-order valence-electron chi connectivity index (χ2n) is 3.21. The molecule has 0 saturated heterocycles. The normalized spacial score (nSPS) is 47.5. The summed E-state index contributed by atoms with van der Waals surface area (Å²) in [7, 11) is 0. The van der Waals surface area contributed by atoms with Gasteiger partial charge in [0.25, 0.3) is 0 Å². The number of hydrogen-bond acceptors (Lipinski definition) is 2. The zero-order valence-corrected chi connectivity index (χ0v) is 6.49. The van der Waals surface area contributed by atoms with Crippen LogP contribution in [0, 0.1) is 11.8 Å². The van der Waals surface area contributed by atoms with Crippen molar-refractivity contribution in [3.63, 3.8) is 0 Å². The Morgan fingerprint density at radius 3 is 3.09 bits per heavy atom. The van der Waals surface area contributed by atoms with E-state index in [1.165, 1.54) is 6.92 Å². The highest BCUT2D eigenvalue weighted by Gasteiger charge is 2.37. The number of fused-ring (bicyclic) bond motifs is 2. The summed E-state index contributed by atoms with van der Waals surface area (Å²) in [5.41, 5.74) is 0. The van der Waals surface area contributed by atoms with E-state index < -0.39 is 0 Å². The van der Waals surface area contributed by atoms with Crippen LogP contribution in [0.1, 0.15) is 21.1 Å². The second-order valence-corrected chi connectivity index (χ2v) is 3.21.